The van der Waals surface area contributed by atoms with Gasteiger partial charge in [0.05, 0.1) is 23.1 Å². The maximum atomic E-state index is 13.4. The lowest BCUT2D eigenvalue weighted by molar-refractivity contribution is 0.0486. The van der Waals surface area contributed by atoms with Gasteiger partial charge in [-0.25, -0.2) is 0 Å². The van der Waals surface area contributed by atoms with Crippen molar-refractivity contribution in [2.75, 3.05) is 13.2 Å². The fraction of sp³-hybridized carbons (Fsp3) is 0.304. The number of benzene rings is 2. The highest BCUT2D eigenvalue weighted by Crippen LogP contribution is 2.39. The second kappa shape index (κ2) is 7.01. The van der Waals surface area contributed by atoms with Crippen molar-refractivity contribution in [3.8, 4) is 0 Å². The molecule has 2 aromatic carbocycles. The van der Waals surface area contributed by atoms with E-state index in [4.69, 9.17) is 20.8 Å². The van der Waals surface area contributed by atoms with E-state index in [9.17, 15) is 9.59 Å². The first-order valence-electron chi connectivity index (χ1n) is 9.78. The molecule has 0 unspecified atom stereocenters. The third-order valence-corrected chi connectivity index (χ3v) is 5.98. The summed E-state index contributed by atoms with van der Waals surface area (Å²) in [6.45, 7) is 3.14. The molecule has 0 bridgehead atoms. The summed E-state index contributed by atoms with van der Waals surface area (Å²) in [6, 6.07) is 12.3. The van der Waals surface area contributed by atoms with Crippen LogP contribution in [0.15, 0.2) is 51.7 Å². The average Bonchev–Trinajstić information content (AvgIpc) is 3.32. The van der Waals surface area contributed by atoms with E-state index >= 15 is 0 Å². The highest BCUT2D eigenvalue weighted by Gasteiger charge is 2.43. The molecule has 0 aliphatic carbocycles. The summed E-state index contributed by atoms with van der Waals surface area (Å²) < 4.78 is 11.7. The molecule has 2 aliphatic rings. The molecule has 5 nitrogen and oxygen atoms in total. The number of amides is 1. The first-order valence-corrected chi connectivity index (χ1v) is 10.2. The fourth-order valence-electron chi connectivity index (χ4n) is 4.28. The smallest absolute Gasteiger partial charge is 0.291 e. The second-order valence-electron chi connectivity index (χ2n) is 7.72. The Morgan fingerprint density at radius 2 is 1.93 bits per heavy atom. The van der Waals surface area contributed by atoms with E-state index in [0.717, 1.165) is 24.0 Å². The zero-order valence-electron chi connectivity index (χ0n) is 16.0. The zero-order chi connectivity index (χ0) is 20.1. The number of hydrogen-bond acceptors (Lipinski definition) is 4. The summed E-state index contributed by atoms with van der Waals surface area (Å²) in [6.07, 6.45) is 1.86. The Kier molecular flexibility index (Phi) is 4.45. The molecular weight excluding hydrogens is 390 g/mol. The largest absolute Gasteiger partial charge is 0.450 e. The molecule has 3 aromatic rings. The minimum atomic E-state index is -0.498. The fourth-order valence-corrected chi connectivity index (χ4v) is 4.46. The monoisotopic (exact) mass is 409 g/mol. The van der Waals surface area contributed by atoms with E-state index in [1.165, 1.54) is 0 Å². The number of halogens is 1. The van der Waals surface area contributed by atoms with E-state index in [-0.39, 0.29) is 23.2 Å². The number of carbonyl (C=O) groups excluding carboxylic acids is 1. The predicted molar refractivity (Wildman–Crippen MR) is 111 cm³/mol. The Morgan fingerprint density at radius 3 is 2.66 bits per heavy atom. The molecule has 1 aromatic heterocycles. The van der Waals surface area contributed by atoms with Crippen LogP contribution in [0.2, 0.25) is 5.02 Å². The van der Waals surface area contributed by atoms with Gasteiger partial charge in [-0.1, -0.05) is 41.4 Å². The molecule has 29 heavy (non-hydrogen) atoms. The number of ether oxygens (including phenoxy) is 1. The summed E-state index contributed by atoms with van der Waals surface area (Å²) >= 11 is 6.11. The van der Waals surface area contributed by atoms with Gasteiger partial charge < -0.3 is 14.1 Å². The maximum Gasteiger partial charge on any atom is 0.291 e. The van der Waals surface area contributed by atoms with Crippen LogP contribution < -0.4 is 5.43 Å². The summed E-state index contributed by atoms with van der Waals surface area (Å²) in [5.41, 5.74) is 2.54. The van der Waals surface area contributed by atoms with Gasteiger partial charge in [-0.15, -0.1) is 0 Å². The lowest BCUT2D eigenvalue weighted by atomic mass is 9.97. The standard InChI is InChI=1S/C23H20ClNO4/c1-13-4-6-14(7-5-13)20-19-21(26)17-11-15(24)8-9-18(17)29-22(19)23(27)25(20)12-16-3-2-10-28-16/h4-9,11,16,20H,2-3,10,12H2,1H3/t16-,20+/m1/s1. The van der Waals surface area contributed by atoms with E-state index in [1.54, 1.807) is 23.1 Å². The van der Waals surface area contributed by atoms with Crippen molar-refractivity contribution in [3.63, 3.8) is 0 Å². The van der Waals surface area contributed by atoms with Crippen LogP contribution in [0.5, 0.6) is 0 Å². The van der Waals surface area contributed by atoms with Crippen LogP contribution in [0.25, 0.3) is 11.0 Å². The molecule has 3 heterocycles. The van der Waals surface area contributed by atoms with Crippen molar-refractivity contribution in [3.05, 3.63) is 80.2 Å². The lowest BCUT2D eigenvalue weighted by Crippen LogP contribution is -2.36. The molecular formula is C23H20ClNO4. The lowest BCUT2D eigenvalue weighted by Gasteiger charge is -2.27. The predicted octanol–water partition coefficient (Wildman–Crippen LogP) is 4.48. The van der Waals surface area contributed by atoms with Crippen LogP contribution in [0.3, 0.4) is 0 Å². The molecule has 0 spiro atoms. The van der Waals surface area contributed by atoms with Crippen molar-refractivity contribution >= 4 is 28.5 Å². The molecule has 1 saturated heterocycles. The average molecular weight is 410 g/mol. The minimum Gasteiger partial charge on any atom is -0.450 e. The van der Waals surface area contributed by atoms with Crippen LogP contribution in [0, 0.1) is 6.92 Å². The van der Waals surface area contributed by atoms with Crippen LogP contribution in [0.1, 0.15) is 46.1 Å². The highest BCUT2D eigenvalue weighted by molar-refractivity contribution is 6.31. The van der Waals surface area contributed by atoms with Gasteiger partial charge in [0, 0.05) is 18.2 Å². The molecule has 1 amide bonds. The van der Waals surface area contributed by atoms with Crippen LogP contribution in [-0.4, -0.2) is 30.1 Å². The molecule has 2 atom stereocenters. The summed E-state index contributed by atoms with van der Waals surface area (Å²) in [5.74, 6) is -0.150. The SMILES string of the molecule is Cc1ccc([C@H]2c3c(oc4ccc(Cl)cc4c3=O)C(=O)N2C[C@H]2CCCO2)cc1. The van der Waals surface area contributed by atoms with E-state index in [2.05, 4.69) is 0 Å². The van der Waals surface area contributed by atoms with Gasteiger partial charge in [-0.2, -0.15) is 0 Å². The Bertz CT molecular complexity index is 1160. The summed E-state index contributed by atoms with van der Waals surface area (Å²) in [5, 5.41) is 0.845. The summed E-state index contributed by atoms with van der Waals surface area (Å²) in [4.78, 5) is 28.5. The molecule has 148 valence electrons. The number of nitrogens with zero attached hydrogens (tertiary/aromatic N) is 1. The number of rotatable bonds is 3. The summed E-state index contributed by atoms with van der Waals surface area (Å²) in [7, 11) is 0. The number of carbonyl (C=O) groups is 1. The normalized spacial score (nSPS) is 21.2. The third-order valence-electron chi connectivity index (χ3n) is 5.75. The Morgan fingerprint density at radius 1 is 1.14 bits per heavy atom. The Balaban J connectivity index is 1.71. The minimum absolute atomic E-state index is 0.0276. The van der Waals surface area contributed by atoms with Gasteiger partial charge in [0.2, 0.25) is 5.76 Å². The van der Waals surface area contributed by atoms with Crippen LogP contribution in [-0.2, 0) is 4.74 Å². The topological polar surface area (TPSA) is 59.8 Å². The van der Waals surface area contributed by atoms with Crippen molar-refractivity contribution < 1.29 is 13.9 Å². The molecule has 6 heteroatoms. The highest BCUT2D eigenvalue weighted by atomic mass is 35.5. The van der Waals surface area contributed by atoms with E-state index < -0.39 is 6.04 Å². The van der Waals surface area contributed by atoms with Gasteiger partial charge in [0.25, 0.3) is 5.91 Å². The van der Waals surface area contributed by atoms with Crippen LogP contribution >= 0.6 is 11.6 Å². The second-order valence-corrected chi connectivity index (χ2v) is 8.16. The zero-order valence-corrected chi connectivity index (χ0v) is 16.7. The molecule has 0 saturated carbocycles. The number of hydrogen-bond donors (Lipinski definition) is 0. The third kappa shape index (κ3) is 3.05. The molecule has 0 N–H and O–H groups in total. The Hall–Kier alpha value is -2.63. The molecule has 2 aliphatic heterocycles. The van der Waals surface area contributed by atoms with Crippen molar-refractivity contribution in [2.45, 2.75) is 31.9 Å². The maximum absolute atomic E-state index is 13.4. The molecule has 0 radical (unpaired) electrons. The van der Waals surface area contributed by atoms with Gasteiger partial charge in [0.1, 0.15) is 5.58 Å². The van der Waals surface area contributed by atoms with Gasteiger partial charge >= 0.3 is 0 Å². The first kappa shape index (κ1) is 18.4. The van der Waals surface area contributed by atoms with Crippen molar-refractivity contribution in [1.82, 2.24) is 4.90 Å². The van der Waals surface area contributed by atoms with Gasteiger partial charge in [-0.05, 0) is 43.5 Å². The van der Waals surface area contributed by atoms with E-state index in [0.29, 0.717) is 34.7 Å². The van der Waals surface area contributed by atoms with Crippen LogP contribution in [0.4, 0.5) is 0 Å². The van der Waals surface area contributed by atoms with E-state index in [1.807, 2.05) is 31.2 Å². The number of fused-ring (bicyclic) bond motifs is 2. The first-order chi connectivity index (χ1) is 14.0. The molecule has 5 rings (SSSR count). The molecule has 1 fully saturated rings. The van der Waals surface area contributed by atoms with Gasteiger partial charge in [0.15, 0.2) is 5.43 Å². The quantitative estimate of drug-likeness (QED) is 0.640. The number of aryl methyl sites for hydroxylation is 1. The van der Waals surface area contributed by atoms with Crippen molar-refractivity contribution in [2.24, 2.45) is 0 Å². The van der Waals surface area contributed by atoms with Gasteiger partial charge in [-0.3, -0.25) is 9.59 Å². The van der Waals surface area contributed by atoms with Crippen molar-refractivity contribution in [1.29, 1.82) is 0 Å². The Labute approximate surface area is 172 Å².